The Labute approximate surface area is 153 Å². The van der Waals surface area contributed by atoms with Crippen molar-refractivity contribution in [1.29, 1.82) is 0 Å². The summed E-state index contributed by atoms with van der Waals surface area (Å²) in [5.74, 6) is 0.362. The van der Waals surface area contributed by atoms with E-state index < -0.39 is 0 Å². The molecule has 0 aliphatic carbocycles. The molecule has 0 radical (unpaired) electrons. The van der Waals surface area contributed by atoms with Crippen LogP contribution in [0.1, 0.15) is 49.0 Å². The van der Waals surface area contributed by atoms with Crippen LogP contribution in [0.5, 0.6) is 0 Å². The first-order valence-corrected chi connectivity index (χ1v) is 9.75. The molecule has 2 aromatic heterocycles. The predicted molar refractivity (Wildman–Crippen MR) is 99.7 cm³/mol. The predicted octanol–water partition coefficient (Wildman–Crippen LogP) is 2.74. The van der Waals surface area contributed by atoms with E-state index >= 15 is 0 Å². The standard InChI is InChI=1S/C18H27N5OS/c1-18(2,3)23-13-16(20-21-23)17(24)19-10-14-6-4-8-22(11-14)12-15-7-5-9-25-15/h5,7,9,13-14H,4,6,8,10-12H2,1-3H3,(H,19,24). The number of thiophene rings is 1. The number of rotatable bonds is 5. The van der Waals surface area contributed by atoms with Crippen LogP contribution in [0, 0.1) is 5.92 Å². The van der Waals surface area contributed by atoms with Crippen molar-refractivity contribution in [1.82, 2.24) is 25.2 Å². The normalized spacial score (nSPS) is 19.1. The van der Waals surface area contributed by atoms with Crippen molar-refractivity contribution < 1.29 is 4.79 Å². The number of hydrogen-bond donors (Lipinski definition) is 1. The van der Waals surface area contributed by atoms with Crippen LogP contribution < -0.4 is 5.32 Å². The first-order chi connectivity index (χ1) is 11.9. The Bertz CT molecular complexity index is 689. The number of carbonyl (C=O) groups excluding carboxylic acids is 1. The number of carbonyl (C=O) groups is 1. The van der Waals surface area contributed by atoms with E-state index in [-0.39, 0.29) is 11.4 Å². The van der Waals surface area contributed by atoms with Gasteiger partial charge in [-0.2, -0.15) is 0 Å². The summed E-state index contributed by atoms with van der Waals surface area (Å²) < 4.78 is 1.73. The SMILES string of the molecule is CC(C)(C)n1cc(C(=O)NCC2CCCN(Cc3cccs3)C2)nn1. The third-order valence-electron chi connectivity index (χ3n) is 4.53. The third kappa shape index (κ3) is 4.89. The van der Waals surface area contributed by atoms with Gasteiger partial charge in [0.2, 0.25) is 0 Å². The highest BCUT2D eigenvalue weighted by Gasteiger charge is 2.22. The minimum absolute atomic E-state index is 0.133. The second kappa shape index (κ2) is 7.66. The fourth-order valence-corrected chi connectivity index (χ4v) is 3.85. The largest absolute Gasteiger partial charge is 0.350 e. The third-order valence-corrected chi connectivity index (χ3v) is 5.39. The zero-order valence-electron chi connectivity index (χ0n) is 15.2. The van der Waals surface area contributed by atoms with Crippen LogP contribution in [-0.2, 0) is 12.1 Å². The van der Waals surface area contributed by atoms with Gasteiger partial charge in [0.25, 0.3) is 5.91 Å². The minimum Gasteiger partial charge on any atom is -0.350 e. The summed E-state index contributed by atoms with van der Waals surface area (Å²) in [4.78, 5) is 16.2. The highest BCUT2D eigenvalue weighted by molar-refractivity contribution is 7.09. The lowest BCUT2D eigenvalue weighted by atomic mass is 9.98. The van der Waals surface area contributed by atoms with Crippen molar-refractivity contribution in [3.63, 3.8) is 0 Å². The van der Waals surface area contributed by atoms with Gasteiger partial charge < -0.3 is 5.32 Å². The Hall–Kier alpha value is -1.73. The molecule has 3 rings (SSSR count). The lowest BCUT2D eigenvalue weighted by molar-refractivity contribution is 0.0926. The van der Waals surface area contributed by atoms with E-state index in [0.29, 0.717) is 18.2 Å². The van der Waals surface area contributed by atoms with E-state index in [1.54, 1.807) is 10.9 Å². The van der Waals surface area contributed by atoms with Crippen molar-refractivity contribution >= 4 is 17.2 Å². The van der Waals surface area contributed by atoms with Crippen LogP contribution in [0.2, 0.25) is 0 Å². The summed E-state index contributed by atoms with van der Waals surface area (Å²) in [6.45, 7) is 9.99. The summed E-state index contributed by atoms with van der Waals surface area (Å²) in [5, 5.41) is 13.2. The first-order valence-electron chi connectivity index (χ1n) is 8.87. The van der Waals surface area contributed by atoms with E-state index in [0.717, 1.165) is 26.1 Å². The molecular weight excluding hydrogens is 334 g/mol. The van der Waals surface area contributed by atoms with Gasteiger partial charge in [-0.3, -0.25) is 9.69 Å². The molecule has 1 saturated heterocycles. The van der Waals surface area contributed by atoms with Crippen LogP contribution in [0.3, 0.4) is 0 Å². The molecule has 1 amide bonds. The van der Waals surface area contributed by atoms with E-state index in [1.165, 1.54) is 11.3 Å². The molecule has 7 heteroatoms. The van der Waals surface area contributed by atoms with Crippen LogP contribution in [0.15, 0.2) is 23.7 Å². The Kier molecular flexibility index (Phi) is 5.54. The monoisotopic (exact) mass is 361 g/mol. The fourth-order valence-electron chi connectivity index (χ4n) is 3.11. The van der Waals surface area contributed by atoms with E-state index in [9.17, 15) is 4.79 Å². The molecule has 0 bridgehead atoms. The van der Waals surface area contributed by atoms with E-state index in [4.69, 9.17) is 0 Å². The van der Waals surface area contributed by atoms with Crippen LogP contribution in [0.25, 0.3) is 0 Å². The molecule has 25 heavy (non-hydrogen) atoms. The number of nitrogens with one attached hydrogen (secondary N) is 1. The molecule has 1 fully saturated rings. The topological polar surface area (TPSA) is 63.1 Å². The van der Waals surface area contributed by atoms with Gasteiger partial charge in [0.05, 0.1) is 11.7 Å². The number of hydrogen-bond acceptors (Lipinski definition) is 5. The molecule has 1 aliphatic rings. The zero-order chi connectivity index (χ0) is 17.9. The molecule has 0 aromatic carbocycles. The van der Waals surface area contributed by atoms with Gasteiger partial charge in [-0.05, 0) is 57.5 Å². The number of aromatic nitrogens is 3. The van der Waals surface area contributed by atoms with Crippen molar-refractivity contribution in [2.24, 2.45) is 5.92 Å². The summed E-state index contributed by atoms with van der Waals surface area (Å²) in [7, 11) is 0. The molecule has 1 N–H and O–H groups in total. The minimum atomic E-state index is -0.169. The molecule has 136 valence electrons. The van der Waals surface area contributed by atoms with Gasteiger partial charge in [0.1, 0.15) is 0 Å². The molecule has 1 aliphatic heterocycles. The Morgan fingerprint density at radius 2 is 2.28 bits per heavy atom. The molecule has 3 heterocycles. The van der Waals surface area contributed by atoms with Gasteiger partial charge in [-0.25, -0.2) is 4.68 Å². The Morgan fingerprint density at radius 1 is 1.44 bits per heavy atom. The second-order valence-electron chi connectivity index (χ2n) is 7.75. The summed E-state index contributed by atoms with van der Waals surface area (Å²) in [5.41, 5.74) is 0.221. The summed E-state index contributed by atoms with van der Waals surface area (Å²) in [6, 6.07) is 4.29. The summed E-state index contributed by atoms with van der Waals surface area (Å²) >= 11 is 1.81. The maximum absolute atomic E-state index is 12.3. The maximum atomic E-state index is 12.3. The molecule has 6 nitrogen and oxygen atoms in total. The van der Waals surface area contributed by atoms with Gasteiger partial charge >= 0.3 is 0 Å². The average molecular weight is 362 g/mol. The molecule has 1 unspecified atom stereocenters. The highest BCUT2D eigenvalue weighted by atomic mass is 32.1. The first kappa shape index (κ1) is 18.1. The van der Waals surface area contributed by atoms with Crippen molar-refractivity contribution in [3.05, 3.63) is 34.3 Å². The maximum Gasteiger partial charge on any atom is 0.273 e. The molecule has 2 aromatic rings. The Morgan fingerprint density at radius 3 is 2.96 bits per heavy atom. The molecular formula is C18H27N5OS. The molecule has 0 saturated carbocycles. The lowest BCUT2D eigenvalue weighted by Crippen LogP contribution is -2.40. The van der Waals surface area contributed by atoms with Gasteiger partial charge in [-0.1, -0.05) is 11.3 Å². The zero-order valence-corrected chi connectivity index (χ0v) is 16.1. The number of amides is 1. The number of piperidine rings is 1. The van der Waals surface area contributed by atoms with Crippen molar-refractivity contribution in [2.75, 3.05) is 19.6 Å². The van der Waals surface area contributed by atoms with E-state index in [2.05, 4.69) is 38.0 Å². The second-order valence-corrected chi connectivity index (χ2v) is 8.78. The fraction of sp³-hybridized carbons (Fsp3) is 0.611. The number of nitrogens with zero attached hydrogens (tertiary/aromatic N) is 4. The quantitative estimate of drug-likeness (QED) is 0.889. The smallest absolute Gasteiger partial charge is 0.273 e. The van der Waals surface area contributed by atoms with Crippen LogP contribution in [0.4, 0.5) is 0 Å². The lowest BCUT2D eigenvalue weighted by Gasteiger charge is -2.32. The van der Waals surface area contributed by atoms with Crippen molar-refractivity contribution in [2.45, 2.75) is 45.7 Å². The summed E-state index contributed by atoms with van der Waals surface area (Å²) in [6.07, 6.45) is 4.07. The van der Waals surface area contributed by atoms with Crippen molar-refractivity contribution in [3.8, 4) is 0 Å². The van der Waals surface area contributed by atoms with Gasteiger partial charge in [0, 0.05) is 24.5 Å². The number of likely N-dealkylation sites (tertiary alicyclic amines) is 1. The highest BCUT2D eigenvalue weighted by Crippen LogP contribution is 2.20. The molecule has 0 spiro atoms. The Balaban J connectivity index is 1.49. The van der Waals surface area contributed by atoms with Gasteiger partial charge in [-0.15, -0.1) is 16.4 Å². The average Bonchev–Trinajstić information content (AvgIpc) is 3.24. The molecule has 1 atom stereocenters. The van der Waals surface area contributed by atoms with Crippen LogP contribution >= 0.6 is 11.3 Å². The van der Waals surface area contributed by atoms with Gasteiger partial charge in [0.15, 0.2) is 5.69 Å². The van der Waals surface area contributed by atoms with Crippen LogP contribution in [-0.4, -0.2) is 45.4 Å². The van der Waals surface area contributed by atoms with E-state index in [1.807, 2.05) is 32.1 Å².